The fourth-order valence-electron chi connectivity index (χ4n) is 4.45. The Morgan fingerprint density at radius 3 is 2.41 bits per heavy atom. The molecule has 124 valence electrons. The van der Waals surface area contributed by atoms with Crippen molar-refractivity contribution < 1.29 is 9.59 Å². The molecule has 2 aliphatic rings. The lowest BCUT2D eigenvalue weighted by molar-refractivity contribution is -0.141. The van der Waals surface area contributed by atoms with Gasteiger partial charge in [0.25, 0.3) is 0 Å². The van der Waals surface area contributed by atoms with Crippen molar-refractivity contribution in [2.24, 2.45) is 23.2 Å². The van der Waals surface area contributed by atoms with Crippen LogP contribution in [0.4, 0.5) is 0 Å². The molecular formula is C18H30N2O2. The van der Waals surface area contributed by atoms with Crippen molar-refractivity contribution in [3.8, 4) is 0 Å². The van der Waals surface area contributed by atoms with Gasteiger partial charge in [0.2, 0.25) is 11.8 Å². The van der Waals surface area contributed by atoms with Crippen LogP contribution in [0.25, 0.3) is 0 Å². The molecule has 0 aliphatic heterocycles. The van der Waals surface area contributed by atoms with Crippen LogP contribution < -0.4 is 0 Å². The quantitative estimate of drug-likeness (QED) is 0.708. The van der Waals surface area contributed by atoms with E-state index in [9.17, 15) is 9.59 Å². The summed E-state index contributed by atoms with van der Waals surface area (Å²) in [6.07, 6.45) is 9.49. The number of carbonyl (C=O) groups is 2. The number of hydrogen-bond donors (Lipinski definition) is 0. The summed E-state index contributed by atoms with van der Waals surface area (Å²) in [5.74, 6) is 0.881. The molecule has 2 aliphatic carbocycles. The molecule has 0 spiro atoms. The molecule has 0 heterocycles. The average Bonchev–Trinajstić information content (AvgIpc) is 3.01. The van der Waals surface area contributed by atoms with Gasteiger partial charge in [0.15, 0.2) is 0 Å². The summed E-state index contributed by atoms with van der Waals surface area (Å²) in [6.45, 7) is 2.21. The Bertz CT molecular complexity index is 470. The van der Waals surface area contributed by atoms with Gasteiger partial charge in [-0.05, 0) is 36.5 Å². The van der Waals surface area contributed by atoms with Crippen LogP contribution in [0.5, 0.6) is 0 Å². The molecule has 1 saturated carbocycles. The van der Waals surface area contributed by atoms with Gasteiger partial charge in [-0.2, -0.15) is 0 Å². The summed E-state index contributed by atoms with van der Waals surface area (Å²) in [6, 6.07) is 0. The van der Waals surface area contributed by atoms with E-state index in [2.05, 4.69) is 19.1 Å². The van der Waals surface area contributed by atoms with E-state index in [1.807, 2.05) is 0 Å². The lowest BCUT2D eigenvalue weighted by atomic mass is 9.67. The van der Waals surface area contributed by atoms with E-state index in [-0.39, 0.29) is 23.1 Å². The summed E-state index contributed by atoms with van der Waals surface area (Å²) in [5, 5.41) is 0. The lowest BCUT2D eigenvalue weighted by Gasteiger charge is -2.38. The molecule has 4 heteroatoms. The smallest absolute Gasteiger partial charge is 0.225 e. The molecule has 0 aromatic rings. The Labute approximate surface area is 134 Å². The first-order chi connectivity index (χ1) is 10.3. The molecule has 4 unspecified atom stereocenters. The van der Waals surface area contributed by atoms with Crippen molar-refractivity contribution in [3.05, 3.63) is 12.2 Å². The minimum atomic E-state index is -0.189. The predicted molar refractivity (Wildman–Crippen MR) is 88.2 cm³/mol. The molecule has 0 radical (unpaired) electrons. The molecule has 2 rings (SSSR count). The zero-order valence-electron chi connectivity index (χ0n) is 14.6. The first-order valence-electron chi connectivity index (χ1n) is 8.41. The van der Waals surface area contributed by atoms with Crippen LogP contribution in [0.3, 0.4) is 0 Å². The maximum Gasteiger partial charge on any atom is 0.225 e. The number of carbonyl (C=O) groups excluding carboxylic acids is 2. The summed E-state index contributed by atoms with van der Waals surface area (Å²) >= 11 is 0. The highest BCUT2D eigenvalue weighted by molar-refractivity contribution is 5.85. The lowest BCUT2D eigenvalue weighted by Crippen LogP contribution is -2.42. The molecule has 0 aromatic heterocycles. The Morgan fingerprint density at radius 1 is 1.23 bits per heavy atom. The maximum atomic E-state index is 12.7. The number of rotatable bonds is 6. The van der Waals surface area contributed by atoms with Crippen molar-refractivity contribution in [1.82, 2.24) is 9.80 Å². The van der Waals surface area contributed by atoms with Gasteiger partial charge in [-0.25, -0.2) is 0 Å². The first-order valence-corrected chi connectivity index (χ1v) is 8.41. The van der Waals surface area contributed by atoms with E-state index >= 15 is 0 Å². The number of amides is 2. The van der Waals surface area contributed by atoms with Gasteiger partial charge in [-0.1, -0.05) is 25.5 Å². The molecule has 4 nitrogen and oxygen atoms in total. The normalized spacial score (nSPS) is 30.4. The zero-order chi connectivity index (χ0) is 16.5. The summed E-state index contributed by atoms with van der Waals surface area (Å²) in [7, 11) is 7.13. The van der Waals surface area contributed by atoms with Gasteiger partial charge in [-0.15, -0.1) is 0 Å². The summed E-state index contributed by atoms with van der Waals surface area (Å²) < 4.78 is 0. The van der Waals surface area contributed by atoms with Crippen LogP contribution in [-0.4, -0.2) is 49.8 Å². The van der Waals surface area contributed by atoms with Crippen LogP contribution in [0.1, 0.15) is 39.0 Å². The monoisotopic (exact) mass is 306 g/mol. The highest BCUT2D eigenvalue weighted by Gasteiger charge is 2.52. The highest BCUT2D eigenvalue weighted by Crippen LogP contribution is 2.58. The van der Waals surface area contributed by atoms with Crippen molar-refractivity contribution >= 4 is 11.8 Å². The minimum absolute atomic E-state index is 0.0543. The van der Waals surface area contributed by atoms with Gasteiger partial charge in [-0.3, -0.25) is 9.59 Å². The number of allylic oxidation sites excluding steroid dienone is 2. The predicted octanol–water partition coefficient (Wildman–Crippen LogP) is 2.55. The number of hydrogen-bond acceptors (Lipinski definition) is 2. The Balaban J connectivity index is 2.26. The summed E-state index contributed by atoms with van der Waals surface area (Å²) in [4.78, 5) is 28.2. The van der Waals surface area contributed by atoms with Gasteiger partial charge in [0, 0.05) is 34.6 Å². The van der Waals surface area contributed by atoms with Crippen LogP contribution in [-0.2, 0) is 9.59 Å². The Hall–Kier alpha value is -1.32. The molecule has 4 atom stereocenters. The molecule has 0 aromatic carbocycles. The van der Waals surface area contributed by atoms with E-state index in [0.717, 1.165) is 19.3 Å². The fourth-order valence-corrected chi connectivity index (χ4v) is 4.45. The largest absolute Gasteiger partial charge is 0.349 e. The topological polar surface area (TPSA) is 40.6 Å². The molecule has 22 heavy (non-hydrogen) atoms. The SMILES string of the molecule is CCCC12C=CC(CC1C(CC(=O)N(C)C)C(=O)N(C)C)C2. The van der Waals surface area contributed by atoms with Gasteiger partial charge >= 0.3 is 0 Å². The molecule has 0 N–H and O–H groups in total. The van der Waals surface area contributed by atoms with Crippen molar-refractivity contribution in [1.29, 1.82) is 0 Å². The Kier molecular flexibility index (Phi) is 4.98. The van der Waals surface area contributed by atoms with Crippen LogP contribution in [0.15, 0.2) is 12.2 Å². The van der Waals surface area contributed by atoms with Crippen LogP contribution >= 0.6 is 0 Å². The fraction of sp³-hybridized carbons (Fsp3) is 0.778. The average molecular weight is 306 g/mol. The van der Waals surface area contributed by atoms with Crippen LogP contribution in [0, 0.1) is 23.2 Å². The third-order valence-corrected chi connectivity index (χ3v) is 5.49. The number of fused-ring (bicyclic) bond motifs is 2. The highest BCUT2D eigenvalue weighted by atomic mass is 16.2. The van der Waals surface area contributed by atoms with Crippen LogP contribution in [0.2, 0.25) is 0 Å². The third-order valence-electron chi connectivity index (χ3n) is 5.49. The second-order valence-corrected chi connectivity index (χ2v) is 7.48. The van der Waals surface area contributed by atoms with Gasteiger partial charge in [0.05, 0.1) is 5.92 Å². The second kappa shape index (κ2) is 6.43. The van der Waals surface area contributed by atoms with E-state index in [1.54, 1.807) is 38.0 Å². The Morgan fingerprint density at radius 2 is 1.91 bits per heavy atom. The van der Waals surface area contributed by atoms with Crippen molar-refractivity contribution in [3.63, 3.8) is 0 Å². The summed E-state index contributed by atoms with van der Waals surface area (Å²) in [5.41, 5.74) is 0.141. The molecule has 2 amide bonds. The van der Waals surface area contributed by atoms with Gasteiger partial charge in [0.1, 0.15) is 0 Å². The number of nitrogens with zero attached hydrogens (tertiary/aromatic N) is 2. The van der Waals surface area contributed by atoms with E-state index in [0.29, 0.717) is 18.3 Å². The molecule has 0 saturated heterocycles. The minimum Gasteiger partial charge on any atom is -0.349 e. The van der Waals surface area contributed by atoms with E-state index in [1.165, 1.54) is 6.42 Å². The first kappa shape index (κ1) is 17.0. The molecular weight excluding hydrogens is 276 g/mol. The third kappa shape index (κ3) is 3.06. The van der Waals surface area contributed by atoms with Gasteiger partial charge < -0.3 is 9.80 Å². The zero-order valence-corrected chi connectivity index (χ0v) is 14.6. The second-order valence-electron chi connectivity index (χ2n) is 7.48. The maximum absolute atomic E-state index is 12.7. The molecule has 1 fully saturated rings. The van der Waals surface area contributed by atoms with Crippen molar-refractivity contribution in [2.75, 3.05) is 28.2 Å². The van der Waals surface area contributed by atoms with E-state index < -0.39 is 0 Å². The van der Waals surface area contributed by atoms with E-state index in [4.69, 9.17) is 0 Å². The standard InChI is InChI=1S/C18H30N2O2/c1-6-8-18-9-7-13(12-18)10-15(18)14(17(22)20(4)5)11-16(21)19(2)3/h7,9,13-15H,6,8,10-12H2,1-5H3. The molecule has 2 bridgehead atoms. The van der Waals surface area contributed by atoms with Crippen molar-refractivity contribution in [2.45, 2.75) is 39.0 Å².